The summed E-state index contributed by atoms with van der Waals surface area (Å²) in [6, 6.07) is 1.84. The summed E-state index contributed by atoms with van der Waals surface area (Å²) in [5.41, 5.74) is -3.47. The fourth-order valence-electron chi connectivity index (χ4n) is 4.86. The summed E-state index contributed by atoms with van der Waals surface area (Å²) in [7, 11) is 2.78. The van der Waals surface area contributed by atoms with Gasteiger partial charge in [-0.2, -0.15) is 30.7 Å². The number of nitro groups is 1. The van der Waals surface area contributed by atoms with Gasteiger partial charge in [-0.3, -0.25) is 10.1 Å². The molecule has 6 nitrogen and oxygen atoms in total. The number of hydrogen-bond donors (Lipinski definition) is 1. The van der Waals surface area contributed by atoms with Crippen molar-refractivity contribution in [2.75, 3.05) is 14.2 Å². The van der Waals surface area contributed by atoms with Gasteiger partial charge in [0.1, 0.15) is 5.75 Å². The first kappa shape index (κ1) is 31.2. The number of nitrogens with zero attached hydrogens (tertiary/aromatic N) is 2. The Bertz CT molecular complexity index is 1290. The number of ether oxygens (including phenoxy) is 1. The Morgan fingerprint density at radius 1 is 1.05 bits per heavy atom. The van der Waals surface area contributed by atoms with Crippen LogP contribution in [0.25, 0.3) is 5.57 Å². The highest BCUT2D eigenvalue weighted by molar-refractivity contribution is 5.75. The Morgan fingerprint density at radius 2 is 1.60 bits per heavy atom. The largest absolute Gasteiger partial charge is 0.496 e. The van der Waals surface area contributed by atoms with Crippen molar-refractivity contribution in [2.45, 2.75) is 64.5 Å². The zero-order valence-corrected chi connectivity index (χ0v) is 22.4. The second kappa shape index (κ2) is 10.9. The van der Waals surface area contributed by atoms with Gasteiger partial charge >= 0.3 is 18.0 Å². The molecular weight excluding hydrogens is 549 g/mol. The second-order valence-electron chi connectivity index (χ2n) is 10.7. The van der Waals surface area contributed by atoms with Crippen LogP contribution in [0.4, 0.5) is 36.4 Å². The van der Waals surface area contributed by atoms with Gasteiger partial charge in [0.25, 0.3) is 0 Å². The van der Waals surface area contributed by atoms with Crippen LogP contribution in [-0.2, 0) is 12.4 Å². The molecule has 2 aromatic rings. The summed E-state index contributed by atoms with van der Waals surface area (Å²) in [5, 5.41) is 22.5. The van der Waals surface area contributed by atoms with E-state index < -0.39 is 57.6 Å². The molecule has 0 aliphatic heterocycles. The van der Waals surface area contributed by atoms with Crippen LogP contribution in [0.2, 0.25) is 0 Å². The molecular formula is C27H29F7N2O4. The topological polar surface area (TPSA) is 75.8 Å². The number of allylic oxidation sites excluding steroid dienone is 2. The number of nitro benzene ring substituents is 1. The minimum atomic E-state index is -5.08. The van der Waals surface area contributed by atoms with Crippen LogP contribution in [0, 0.1) is 21.3 Å². The molecule has 0 aromatic heterocycles. The maximum Gasteiger partial charge on any atom is 0.416 e. The number of aliphatic hydroxyl groups excluding tert-OH is 1. The molecule has 0 saturated carbocycles. The fourth-order valence-corrected chi connectivity index (χ4v) is 4.86. The van der Waals surface area contributed by atoms with Gasteiger partial charge in [0.15, 0.2) is 0 Å². The fraction of sp³-hybridized carbons (Fsp3) is 0.481. The summed E-state index contributed by atoms with van der Waals surface area (Å²) < 4.78 is 100. The highest BCUT2D eigenvalue weighted by atomic mass is 19.4. The van der Waals surface area contributed by atoms with E-state index in [9.17, 15) is 46.0 Å². The summed E-state index contributed by atoms with van der Waals surface area (Å²) in [4.78, 5) is 12.1. The molecule has 1 aliphatic carbocycles. The normalized spacial score (nSPS) is 17.4. The first-order chi connectivity index (χ1) is 18.3. The molecule has 220 valence electrons. The number of methoxy groups -OCH3 is 1. The second-order valence-corrected chi connectivity index (χ2v) is 10.7. The molecule has 3 rings (SSSR count). The number of aliphatic hydroxyl groups is 1. The van der Waals surface area contributed by atoms with Crippen LogP contribution in [0.15, 0.2) is 36.0 Å². The van der Waals surface area contributed by atoms with Crippen molar-refractivity contribution in [3.8, 4) is 5.75 Å². The monoisotopic (exact) mass is 578 g/mol. The third kappa shape index (κ3) is 6.51. The number of alkyl halides is 6. The van der Waals surface area contributed by atoms with E-state index in [1.54, 1.807) is 0 Å². The predicted molar refractivity (Wildman–Crippen MR) is 133 cm³/mol. The minimum Gasteiger partial charge on any atom is -0.496 e. The molecule has 0 amide bonds. The SMILES string of the molecule is COc1cc(F)c([N+](=O)[O-])cc1C1=C(N(C)[C@@H](C)[C@H](O)c2cc(C(F)(F)F)cc(C(F)(F)F)c2)CC(C)(C)CC1. The highest BCUT2D eigenvalue weighted by Crippen LogP contribution is 2.47. The molecule has 0 bridgehead atoms. The quantitative estimate of drug-likeness (QED) is 0.207. The zero-order valence-electron chi connectivity index (χ0n) is 22.4. The first-order valence-electron chi connectivity index (χ1n) is 12.2. The molecule has 13 heteroatoms. The van der Waals surface area contributed by atoms with Crippen molar-refractivity contribution >= 4 is 11.3 Å². The molecule has 0 radical (unpaired) electrons. The van der Waals surface area contributed by atoms with Gasteiger partial charge in [0.05, 0.1) is 35.3 Å². The van der Waals surface area contributed by atoms with Gasteiger partial charge in [-0.05, 0) is 60.9 Å². The lowest BCUT2D eigenvalue weighted by molar-refractivity contribution is -0.387. The molecule has 2 atom stereocenters. The molecule has 0 saturated heterocycles. The average Bonchev–Trinajstić information content (AvgIpc) is 2.85. The predicted octanol–water partition coefficient (Wildman–Crippen LogP) is 7.76. The van der Waals surface area contributed by atoms with Crippen LogP contribution in [0.3, 0.4) is 0 Å². The maximum absolute atomic E-state index is 14.3. The molecule has 2 aromatic carbocycles. The van der Waals surface area contributed by atoms with E-state index in [1.165, 1.54) is 26.0 Å². The van der Waals surface area contributed by atoms with E-state index in [0.29, 0.717) is 42.7 Å². The molecule has 1 N–H and O–H groups in total. The molecule has 0 fully saturated rings. The van der Waals surface area contributed by atoms with E-state index >= 15 is 0 Å². The third-order valence-electron chi connectivity index (χ3n) is 7.28. The van der Waals surface area contributed by atoms with Gasteiger partial charge in [0.2, 0.25) is 5.82 Å². The van der Waals surface area contributed by atoms with Crippen molar-refractivity contribution in [3.05, 3.63) is 74.2 Å². The standard InChI is InChI=1S/C27H29F7N2O4/c1-14(24(37)15-8-16(26(29,30)31)10-17(9-15)27(32,33)34)35(4)22-13-25(2,3)7-6-18(22)19-11-21(36(38)39)20(28)12-23(19)40-5/h8-12,14,24,37H,6-7,13H2,1-5H3/t14-,24-/m0/s1. The van der Waals surface area contributed by atoms with Gasteiger partial charge in [-0.15, -0.1) is 0 Å². The number of hydrogen-bond acceptors (Lipinski definition) is 5. The summed E-state index contributed by atoms with van der Waals surface area (Å²) in [6.45, 7) is 5.34. The minimum absolute atomic E-state index is 0.0113. The Hall–Kier alpha value is -3.35. The summed E-state index contributed by atoms with van der Waals surface area (Å²) >= 11 is 0. The number of halogens is 7. The summed E-state index contributed by atoms with van der Waals surface area (Å²) in [6.07, 6.45) is -10.6. The molecule has 0 spiro atoms. The van der Waals surface area contributed by atoms with Gasteiger partial charge in [0, 0.05) is 30.4 Å². The lowest BCUT2D eigenvalue weighted by Crippen LogP contribution is -2.37. The van der Waals surface area contributed by atoms with Gasteiger partial charge in [-0.25, -0.2) is 0 Å². The molecule has 40 heavy (non-hydrogen) atoms. The van der Waals surface area contributed by atoms with E-state index in [4.69, 9.17) is 4.74 Å². The molecule has 0 heterocycles. The lowest BCUT2D eigenvalue weighted by atomic mass is 9.74. The smallest absolute Gasteiger partial charge is 0.416 e. The van der Waals surface area contributed by atoms with Crippen molar-refractivity contribution < 1.29 is 45.5 Å². The van der Waals surface area contributed by atoms with Gasteiger partial charge < -0.3 is 14.7 Å². The van der Waals surface area contributed by atoms with E-state index in [0.717, 1.165) is 12.1 Å². The Morgan fingerprint density at radius 3 is 2.08 bits per heavy atom. The number of benzene rings is 2. The Kier molecular flexibility index (Phi) is 8.50. The average molecular weight is 579 g/mol. The first-order valence-corrected chi connectivity index (χ1v) is 12.2. The molecule has 1 aliphatic rings. The number of likely N-dealkylation sites (N-methyl/N-ethyl adjacent to an activating group) is 1. The highest BCUT2D eigenvalue weighted by Gasteiger charge is 2.39. The van der Waals surface area contributed by atoms with Gasteiger partial charge in [-0.1, -0.05) is 13.8 Å². The van der Waals surface area contributed by atoms with Crippen LogP contribution >= 0.6 is 0 Å². The van der Waals surface area contributed by atoms with E-state index in [1.807, 2.05) is 13.8 Å². The van der Waals surface area contributed by atoms with Crippen molar-refractivity contribution in [2.24, 2.45) is 5.41 Å². The third-order valence-corrected chi connectivity index (χ3v) is 7.28. The Balaban J connectivity index is 2.15. The lowest BCUT2D eigenvalue weighted by Gasteiger charge is -2.41. The number of rotatable bonds is 7. The van der Waals surface area contributed by atoms with Crippen molar-refractivity contribution in [1.82, 2.24) is 4.90 Å². The van der Waals surface area contributed by atoms with Crippen LogP contribution in [0.5, 0.6) is 5.75 Å². The Labute approximate surface area is 226 Å². The van der Waals surface area contributed by atoms with Crippen LogP contribution < -0.4 is 4.74 Å². The van der Waals surface area contributed by atoms with Crippen LogP contribution in [-0.4, -0.2) is 35.1 Å². The van der Waals surface area contributed by atoms with E-state index in [2.05, 4.69) is 0 Å². The van der Waals surface area contributed by atoms with E-state index in [-0.39, 0.29) is 22.8 Å². The van der Waals surface area contributed by atoms with Crippen LogP contribution in [0.1, 0.15) is 68.4 Å². The zero-order chi connectivity index (χ0) is 30.4. The molecule has 0 unspecified atom stereocenters. The summed E-state index contributed by atoms with van der Waals surface area (Å²) in [5.74, 6) is -1.09. The maximum atomic E-state index is 14.3. The van der Waals surface area contributed by atoms with Crippen molar-refractivity contribution in [1.29, 1.82) is 0 Å². The van der Waals surface area contributed by atoms with Crippen molar-refractivity contribution in [3.63, 3.8) is 0 Å².